The van der Waals surface area contributed by atoms with Crippen molar-refractivity contribution >= 4 is 0 Å². The lowest BCUT2D eigenvalue weighted by Crippen LogP contribution is -2.18. The van der Waals surface area contributed by atoms with E-state index in [-0.39, 0.29) is 6.10 Å². The van der Waals surface area contributed by atoms with Crippen molar-refractivity contribution in [1.29, 1.82) is 0 Å². The highest BCUT2D eigenvalue weighted by atomic mass is 17.2. The van der Waals surface area contributed by atoms with Gasteiger partial charge in [0.05, 0.1) is 6.20 Å². The van der Waals surface area contributed by atoms with Gasteiger partial charge in [-0.3, -0.25) is 0 Å². The van der Waals surface area contributed by atoms with Crippen molar-refractivity contribution in [1.82, 2.24) is 4.57 Å². The van der Waals surface area contributed by atoms with Crippen molar-refractivity contribution in [2.75, 3.05) is 0 Å². The molecule has 0 radical (unpaired) electrons. The summed E-state index contributed by atoms with van der Waals surface area (Å²) in [5.74, 6) is 0.833. The molecular weight excluding hydrogens is 166 g/mol. The molecule has 0 saturated heterocycles. The summed E-state index contributed by atoms with van der Waals surface area (Å²) in [5, 5.41) is 0. The van der Waals surface area contributed by atoms with Crippen molar-refractivity contribution in [2.24, 2.45) is 0 Å². The van der Waals surface area contributed by atoms with Gasteiger partial charge in [0, 0.05) is 24.7 Å². The monoisotopic (exact) mass is 179 g/mol. The standard InChI is InChI=1S/C10H13NO2/c1-3-4-11-6-9-5-8(2)12-13-10(9)7-11/h3,6-8H,1,4-5H2,2H3. The van der Waals surface area contributed by atoms with E-state index in [1.807, 2.05) is 23.8 Å². The first-order chi connectivity index (χ1) is 6.29. The SMILES string of the molecule is C=CCn1cc2c(c1)OOC(C)C2. The van der Waals surface area contributed by atoms with Crippen LogP contribution in [0.1, 0.15) is 12.5 Å². The number of fused-ring (bicyclic) bond motifs is 1. The van der Waals surface area contributed by atoms with Gasteiger partial charge < -0.3 is 9.45 Å². The minimum absolute atomic E-state index is 0.145. The van der Waals surface area contributed by atoms with Gasteiger partial charge in [0.2, 0.25) is 0 Å². The highest BCUT2D eigenvalue weighted by Gasteiger charge is 2.19. The third-order valence-electron chi connectivity index (χ3n) is 2.07. The van der Waals surface area contributed by atoms with Crippen molar-refractivity contribution in [3.05, 3.63) is 30.6 Å². The second-order valence-corrected chi connectivity index (χ2v) is 3.33. The maximum absolute atomic E-state index is 5.11. The Kier molecular flexibility index (Phi) is 2.10. The second-order valence-electron chi connectivity index (χ2n) is 3.33. The predicted octanol–water partition coefficient (Wildman–Crippen LogP) is 1.93. The lowest BCUT2D eigenvalue weighted by atomic mass is 10.1. The first-order valence-electron chi connectivity index (χ1n) is 4.42. The van der Waals surface area contributed by atoms with E-state index >= 15 is 0 Å². The van der Waals surface area contributed by atoms with Gasteiger partial charge in [-0.05, 0) is 6.92 Å². The number of nitrogens with zero attached hydrogens (tertiary/aromatic N) is 1. The average Bonchev–Trinajstić information content (AvgIpc) is 2.46. The van der Waals surface area contributed by atoms with Gasteiger partial charge in [-0.1, -0.05) is 6.08 Å². The molecule has 0 amide bonds. The van der Waals surface area contributed by atoms with Gasteiger partial charge in [-0.2, -0.15) is 4.89 Å². The van der Waals surface area contributed by atoms with E-state index in [1.165, 1.54) is 5.56 Å². The van der Waals surface area contributed by atoms with Gasteiger partial charge in [-0.15, -0.1) is 6.58 Å². The van der Waals surface area contributed by atoms with Crippen LogP contribution in [0.25, 0.3) is 0 Å². The minimum atomic E-state index is 0.145. The van der Waals surface area contributed by atoms with Gasteiger partial charge in [0.25, 0.3) is 0 Å². The number of allylic oxidation sites excluding steroid dienone is 1. The first-order valence-corrected chi connectivity index (χ1v) is 4.42. The smallest absolute Gasteiger partial charge is 0.186 e. The number of hydrogen-bond acceptors (Lipinski definition) is 2. The molecule has 70 valence electrons. The zero-order chi connectivity index (χ0) is 9.26. The molecule has 0 aliphatic carbocycles. The summed E-state index contributed by atoms with van der Waals surface area (Å²) < 4.78 is 2.04. The molecule has 0 saturated carbocycles. The zero-order valence-electron chi connectivity index (χ0n) is 7.69. The molecule has 0 spiro atoms. The summed E-state index contributed by atoms with van der Waals surface area (Å²) in [6, 6.07) is 0. The highest BCUT2D eigenvalue weighted by molar-refractivity contribution is 5.32. The molecular formula is C10H13NO2. The Balaban J connectivity index is 2.23. The fraction of sp³-hybridized carbons (Fsp3) is 0.400. The number of hydrogen-bond donors (Lipinski definition) is 0. The Morgan fingerprint density at radius 1 is 1.69 bits per heavy atom. The van der Waals surface area contributed by atoms with Crippen LogP contribution < -0.4 is 4.89 Å². The molecule has 13 heavy (non-hydrogen) atoms. The van der Waals surface area contributed by atoms with Crippen LogP contribution in [0, 0.1) is 0 Å². The van der Waals surface area contributed by atoms with E-state index < -0.39 is 0 Å². The molecule has 1 aliphatic rings. The van der Waals surface area contributed by atoms with Crippen molar-refractivity contribution < 1.29 is 9.78 Å². The summed E-state index contributed by atoms with van der Waals surface area (Å²) in [6.07, 6.45) is 6.93. The highest BCUT2D eigenvalue weighted by Crippen LogP contribution is 2.26. The fourth-order valence-electron chi connectivity index (χ4n) is 1.50. The average molecular weight is 179 g/mol. The van der Waals surface area contributed by atoms with Crippen LogP contribution in [-0.2, 0) is 17.9 Å². The molecule has 1 aliphatic heterocycles. The number of rotatable bonds is 2. The largest absolute Gasteiger partial charge is 0.346 e. The Morgan fingerprint density at radius 2 is 2.54 bits per heavy atom. The van der Waals surface area contributed by atoms with E-state index in [0.717, 1.165) is 18.7 Å². The summed E-state index contributed by atoms with van der Waals surface area (Å²) in [4.78, 5) is 10.2. The van der Waals surface area contributed by atoms with Crippen LogP contribution in [0.4, 0.5) is 0 Å². The molecule has 0 bridgehead atoms. The molecule has 3 nitrogen and oxygen atoms in total. The molecule has 0 aromatic carbocycles. The summed E-state index contributed by atoms with van der Waals surface area (Å²) in [7, 11) is 0. The quantitative estimate of drug-likeness (QED) is 0.511. The summed E-state index contributed by atoms with van der Waals surface area (Å²) >= 11 is 0. The molecule has 0 fully saturated rings. The van der Waals surface area contributed by atoms with Gasteiger partial charge in [-0.25, -0.2) is 0 Å². The van der Waals surface area contributed by atoms with E-state index in [9.17, 15) is 0 Å². The minimum Gasteiger partial charge on any atom is -0.346 e. The molecule has 3 heteroatoms. The molecule has 1 atom stereocenters. The molecule has 2 rings (SSSR count). The molecule has 1 aromatic rings. The van der Waals surface area contributed by atoms with E-state index in [2.05, 4.69) is 12.8 Å². The maximum atomic E-state index is 5.11. The summed E-state index contributed by atoms with van der Waals surface area (Å²) in [5.41, 5.74) is 1.21. The van der Waals surface area contributed by atoms with Gasteiger partial charge in [0.15, 0.2) is 5.75 Å². The lowest BCUT2D eigenvalue weighted by Gasteiger charge is -2.17. The third kappa shape index (κ3) is 1.60. The molecule has 2 heterocycles. The normalized spacial score (nSPS) is 20.5. The van der Waals surface area contributed by atoms with Crippen LogP contribution >= 0.6 is 0 Å². The van der Waals surface area contributed by atoms with Gasteiger partial charge >= 0.3 is 0 Å². The molecule has 1 unspecified atom stereocenters. The van der Waals surface area contributed by atoms with Gasteiger partial charge in [0.1, 0.15) is 6.10 Å². The Morgan fingerprint density at radius 3 is 3.31 bits per heavy atom. The zero-order valence-corrected chi connectivity index (χ0v) is 7.69. The lowest BCUT2D eigenvalue weighted by molar-refractivity contribution is -0.248. The first kappa shape index (κ1) is 8.38. The Hall–Kier alpha value is -1.22. The van der Waals surface area contributed by atoms with Crippen molar-refractivity contribution in [3.63, 3.8) is 0 Å². The van der Waals surface area contributed by atoms with Crippen molar-refractivity contribution in [2.45, 2.75) is 26.0 Å². The number of aromatic nitrogens is 1. The fourth-order valence-corrected chi connectivity index (χ4v) is 1.50. The van der Waals surface area contributed by atoms with Crippen LogP contribution in [0.5, 0.6) is 5.75 Å². The van der Waals surface area contributed by atoms with Crippen molar-refractivity contribution in [3.8, 4) is 5.75 Å². The predicted molar refractivity (Wildman–Crippen MR) is 49.5 cm³/mol. The molecule has 0 N–H and O–H groups in total. The topological polar surface area (TPSA) is 23.4 Å². The van der Waals surface area contributed by atoms with E-state index in [4.69, 9.17) is 9.78 Å². The van der Waals surface area contributed by atoms with E-state index in [1.54, 1.807) is 0 Å². The van der Waals surface area contributed by atoms with Crippen LogP contribution in [0.15, 0.2) is 25.0 Å². The van der Waals surface area contributed by atoms with E-state index in [0.29, 0.717) is 0 Å². The van der Waals surface area contributed by atoms with Crippen LogP contribution in [0.2, 0.25) is 0 Å². The third-order valence-corrected chi connectivity index (χ3v) is 2.07. The maximum Gasteiger partial charge on any atom is 0.186 e. The molecule has 1 aromatic heterocycles. The Labute approximate surface area is 77.5 Å². The Bertz CT molecular complexity index is 317. The van der Waals surface area contributed by atoms with Crippen LogP contribution in [0.3, 0.4) is 0 Å². The van der Waals surface area contributed by atoms with Crippen LogP contribution in [-0.4, -0.2) is 10.7 Å². The summed E-state index contributed by atoms with van der Waals surface area (Å²) in [6.45, 7) is 6.49. The second kappa shape index (κ2) is 3.26.